The van der Waals surface area contributed by atoms with Crippen LogP contribution in [0.1, 0.15) is 12.8 Å². The van der Waals surface area contributed by atoms with Crippen molar-refractivity contribution in [3.8, 4) is 5.69 Å². The molecular formula is C16H22N4O2S. The Bertz CT molecular complexity index is 740. The van der Waals surface area contributed by atoms with Crippen LogP contribution in [0.4, 0.5) is 0 Å². The molecule has 1 unspecified atom stereocenters. The van der Waals surface area contributed by atoms with Gasteiger partial charge in [0, 0.05) is 13.1 Å². The van der Waals surface area contributed by atoms with Crippen LogP contribution in [0.5, 0.6) is 0 Å². The van der Waals surface area contributed by atoms with E-state index in [0.717, 1.165) is 25.1 Å². The normalized spacial score (nSPS) is 19.8. The van der Waals surface area contributed by atoms with Gasteiger partial charge < -0.3 is 5.32 Å². The highest BCUT2D eigenvalue weighted by Crippen LogP contribution is 2.23. The summed E-state index contributed by atoms with van der Waals surface area (Å²) in [6.07, 6.45) is 4.99. The second kappa shape index (κ2) is 6.82. The van der Waals surface area contributed by atoms with Crippen LogP contribution in [0.25, 0.3) is 5.69 Å². The highest BCUT2D eigenvalue weighted by atomic mass is 32.2. The van der Waals surface area contributed by atoms with Crippen LogP contribution in [0.15, 0.2) is 47.6 Å². The molecule has 1 N–H and O–H groups in total. The molecule has 0 radical (unpaired) electrons. The van der Waals surface area contributed by atoms with Gasteiger partial charge in [-0.05, 0) is 44.5 Å². The number of sulfonamides is 1. The summed E-state index contributed by atoms with van der Waals surface area (Å²) in [6, 6.07) is 9.51. The van der Waals surface area contributed by atoms with Crippen LogP contribution in [-0.4, -0.2) is 49.2 Å². The molecule has 1 aliphatic heterocycles. The summed E-state index contributed by atoms with van der Waals surface area (Å²) >= 11 is 0. The molecule has 0 aliphatic carbocycles. The molecule has 1 fully saturated rings. The summed E-state index contributed by atoms with van der Waals surface area (Å²) < 4.78 is 28.9. The van der Waals surface area contributed by atoms with E-state index >= 15 is 0 Å². The maximum atomic E-state index is 12.8. The summed E-state index contributed by atoms with van der Waals surface area (Å²) in [5.74, 6) is 0.368. The number of para-hydroxylation sites is 1. The van der Waals surface area contributed by atoms with Crippen molar-refractivity contribution in [1.29, 1.82) is 0 Å². The fraction of sp³-hybridized carbons (Fsp3) is 0.438. The quantitative estimate of drug-likeness (QED) is 0.900. The Morgan fingerprint density at radius 1 is 1.30 bits per heavy atom. The fourth-order valence-corrected chi connectivity index (χ4v) is 4.50. The van der Waals surface area contributed by atoms with E-state index in [1.807, 2.05) is 37.4 Å². The van der Waals surface area contributed by atoms with Gasteiger partial charge in [0.05, 0.1) is 18.1 Å². The number of nitrogens with zero attached hydrogens (tertiary/aromatic N) is 3. The lowest BCUT2D eigenvalue weighted by atomic mass is 10.00. The maximum Gasteiger partial charge on any atom is 0.246 e. The lowest BCUT2D eigenvalue weighted by molar-refractivity contribution is 0.263. The maximum absolute atomic E-state index is 12.8. The zero-order chi connectivity index (χ0) is 16.3. The Morgan fingerprint density at radius 3 is 2.83 bits per heavy atom. The summed E-state index contributed by atoms with van der Waals surface area (Å²) in [5.41, 5.74) is 0.848. The van der Waals surface area contributed by atoms with Crippen molar-refractivity contribution < 1.29 is 8.42 Å². The highest BCUT2D eigenvalue weighted by Gasteiger charge is 2.30. The molecule has 1 aromatic heterocycles. The Hall–Kier alpha value is -1.70. The number of aromatic nitrogens is 2. The van der Waals surface area contributed by atoms with E-state index in [9.17, 15) is 8.42 Å². The Morgan fingerprint density at radius 2 is 2.09 bits per heavy atom. The van der Waals surface area contributed by atoms with Gasteiger partial charge in [0.15, 0.2) is 0 Å². The van der Waals surface area contributed by atoms with Crippen molar-refractivity contribution in [2.45, 2.75) is 17.7 Å². The van der Waals surface area contributed by atoms with Crippen LogP contribution in [0.3, 0.4) is 0 Å². The monoisotopic (exact) mass is 334 g/mol. The molecule has 1 atom stereocenters. The Kier molecular flexibility index (Phi) is 4.79. The SMILES string of the molecule is CNCC1CCCN(S(=O)(=O)c2cnn(-c3ccccc3)c2)C1. The predicted molar refractivity (Wildman–Crippen MR) is 89.0 cm³/mol. The number of hydrogen-bond acceptors (Lipinski definition) is 4. The molecule has 6 nitrogen and oxygen atoms in total. The molecule has 3 rings (SSSR count). The van der Waals surface area contributed by atoms with E-state index in [0.29, 0.717) is 19.0 Å². The molecule has 1 aromatic carbocycles. The van der Waals surface area contributed by atoms with Crippen LogP contribution in [0, 0.1) is 5.92 Å². The predicted octanol–water partition coefficient (Wildman–Crippen LogP) is 1.49. The summed E-state index contributed by atoms with van der Waals surface area (Å²) in [5, 5.41) is 7.34. The van der Waals surface area contributed by atoms with Gasteiger partial charge >= 0.3 is 0 Å². The lowest BCUT2D eigenvalue weighted by Crippen LogP contribution is -2.42. The molecule has 2 aromatic rings. The molecule has 0 amide bonds. The average Bonchev–Trinajstić information content (AvgIpc) is 3.07. The molecule has 0 bridgehead atoms. The Balaban J connectivity index is 1.81. The van der Waals surface area contributed by atoms with Crippen molar-refractivity contribution in [2.24, 2.45) is 5.92 Å². The van der Waals surface area contributed by atoms with Gasteiger partial charge in [-0.1, -0.05) is 18.2 Å². The zero-order valence-corrected chi connectivity index (χ0v) is 14.0. The first-order chi connectivity index (χ1) is 11.1. The number of benzene rings is 1. The average molecular weight is 334 g/mol. The van der Waals surface area contributed by atoms with Gasteiger partial charge in [0.1, 0.15) is 4.90 Å². The number of piperidine rings is 1. The third-order valence-corrected chi connectivity index (χ3v) is 6.01. The first kappa shape index (κ1) is 16.2. The minimum absolute atomic E-state index is 0.256. The molecule has 23 heavy (non-hydrogen) atoms. The van der Waals surface area contributed by atoms with E-state index in [2.05, 4.69) is 10.4 Å². The van der Waals surface area contributed by atoms with Crippen molar-refractivity contribution in [3.63, 3.8) is 0 Å². The fourth-order valence-electron chi connectivity index (χ4n) is 3.01. The number of hydrogen-bond donors (Lipinski definition) is 1. The largest absolute Gasteiger partial charge is 0.319 e. The van der Waals surface area contributed by atoms with E-state index in [1.165, 1.54) is 6.20 Å². The van der Waals surface area contributed by atoms with Crippen LogP contribution < -0.4 is 5.32 Å². The van der Waals surface area contributed by atoms with Gasteiger partial charge in [-0.15, -0.1) is 0 Å². The van der Waals surface area contributed by atoms with E-state index in [-0.39, 0.29) is 4.90 Å². The molecule has 7 heteroatoms. The van der Waals surface area contributed by atoms with Crippen molar-refractivity contribution >= 4 is 10.0 Å². The lowest BCUT2D eigenvalue weighted by Gasteiger charge is -2.31. The number of rotatable bonds is 5. The van der Waals surface area contributed by atoms with Crippen molar-refractivity contribution in [3.05, 3.63) is 42.7 Å². The van der Waals surface area contributed by atoms with Crippen molar-refractivity contribution in [1.82, 2.24) is 19.4 Å². The van der Waals surface area contributed by atoms with Crippen LogP contribution >= 0.6 is 0 Å². The van der Waals surface area contributed by atoms with Crippen LogP contribution in [-0.2, 0) is 10.0 Å². The van der Waals surface area contributed by atoms with Gasteiger partial charge in [-0.2, -0.15) is 9.40 Å². The van der Waals surface area contributed by atoms with E-state index < -0.39 is 10.0 Å². The summed E-state index contributed by atoms with van der Waals surface area (Å²) in [7, 11) is -1.58. The first-order valence-electron chi connectivity index (χ1n) is 7.86. The summed E-state index contributed by atoms with van der Waals surface area (Å²) in [4.78, 5) is 0.256. The topological polar surface area (TPSA) is 67.2 Å². The second-order valence-electron chi connectivity index (χ2n) is 5.89. The summed E-state index contributed by atoms with van der Waals surface area (Å²) in [6.45, 7) is 1.99. The smallest absolute Gasteiger partial charge is 0.246 e. The zero-order valence-electron chi connectivity index (χ0n) is 13.2. The second-order valence-corrected chi connectivity index (χ2v) is 7.82. The highest BCUT2D eigenvalue weighted by molar-refractivity contribution is 7.89. The molecular weight excluding hydrogens is 312 g/mol. The molecule has 124 valence electrons. The Labute approximate surface area is 137 Å². The molecule has 0 spiro atoms. The third kappa shape index (κ3) is 3.46. The minimum Gasteiger partial charge on any atom is -0.319 e. The number of nitrogens with one attached hydrogen (secondary N) is 1. The molecule has 2 heterocycles. The van der Waals surface area contributed by atoms with Crippen molar-refractivity contribution in [2.75, 3.05) is 26.7 Å². The first-order valence-corrected chi connectivity index (χ1v) is 9.30. The molecule has 1 aliphatic rings. The van der Waals surface area contributed by atoms with Gasteiger partial charge in [-0.25, -0.2) is 13.1 Å². The van der Waals surface area contributed by atoms with E-state index in [4.69, 9.17) is 0 Å². The minimum atomic E-state index is -3.48. The molecule has 1 saturated heterocycles. The molecule has 0 saturated carbocycles. The third-order valence-electron chi connectivity index (χ3n) is 4.19. The van der Waals surface area contributed by atoms with Crippen LogP contribution in [0.2, 0.25) is 0 Å². The van der Waals surface area contributed by atoms with Gasteiger partial charge in [-0.3, -0.25) is 0 Å². The van der Waals surface area contributed by atoms with E-state index in [1.54, 1.807) is 15.2 Å². The standard InChI is InChI=1S/C16H22N4O2S/c1-17-10-14-6-5-9-19(12-14)23(21,22)16-11-18-20(13-16)15-7-3-2-4-8-15/h2-4,7-8,11,13-14,17H,5-6,9-10,12H2,1H3. The van der Waals surface area contributed by atoms with Gasteiger partial charge in [0.2, 0.25) is 10.0 Å². The van der Waals surface area contributed by atoms with Gasteiger partial charge in [0.25, 0.3) is 0 Å².